The summed E-state index contributed by atoms with van der Waals surface area (Å²) in [6.45, 7) is 6.02. The van der Waals surface area contributed by atoms with E-state index in [4.69, 9.17) is 28.9 Å². The Kier molecular flexibility index (Phi) is 5.36. The van der Waals surface area contributed by atoms with Crippen molar-refractivity contribution in [1.29, 1.82) is 0 Å². The highest BCUT2D eigenvalue weighted by molar-refractivity contribution is 6.40. The fourth-order valence-corrected chi connectivity index (χ4v) is 3.25. The third-order valence-corrected chi connectivity index (χ3v) is 4.73. The number of nitrogens with two attached hydrogens (primary N) is 1. The molecule has 0 saturated carbocycles. The topological polar surface area (TPSA) is 58.4 Å². The first-order valence-electron chi connectivity index (χ1n) is 7.21. The number of carbonyl (C=O) groups excluding carboxylic acids is 1. The highest BCUT2D eigenvalue weighted by Crippen LogP contribution is 2.33. The molecule has 6 heteroatoms. The molecule has 0 aromatic heterocycles. The predicted molar refractivity (Wildman–Crippen MR) is 88.9 cm³/mol. The first-order chi connectivity index (χ1) is 9.92. The summed E-state index contributed by atoms with van der Waals surface area (Å²) in [5, 5.41) is 3.53. The number of likely N-dealkylation sites (tertiary alicyclic amines) is 1. The van der Waals surface area contributed by atoms with E-state index >= 15 is 0 Å². The van der Waals surface area contributed by atoms with Crippen LogP contribution >= 0.6 is 23.2 Å². The van der Waals surface area contributed by atoms with Gasteiger partial charge in [-0.2, -0.15) is 0 Å². The zero-order valence-electron chi connectivity index (χ0n) is 12.3. The van der Waals surface area contributed by atoms with E-state index in [0.29, 0.717) is 27.3 Å². The predicted octanol–water partition coefficient (Wildman–Crippen LogP) is 3.63. The van der Waals surface area contributed by atoms with Crippen molar-refractivity contribution < 1.29 is 4.79 Å². The van der Waals surface area contributed by atoms with Gasteiger partial charge in [0.25, 0.3) is 0 Å². The van der Waals surface area contributed by atoms with E-state index in [2.05, 4.69) is 17.1 Å². The second kappa shape index (κ2) is 6.86. The van der Waals surface area contributed by atoms with Crippen molar-refractivity contribution in [3.8, 4) is 0 Å². The van der Waals surface area contributed by atoms with Crippen molar-refractivity contribution in [2.75, 3.05) is 24.1 Å². The number of benzene rings is 1. The molecule has 1 aromatic carbocycles. The lowest BCUT2D eigenvalue weighted by molar-refractivity contribution is -0.120. The van der Waals surface area contributed by atoms with Gasteiger partial charge in [0.2, 0.25) is 5.91 Å². The molecule has 1 saturated heterocycles. The first-order valence-corrected chi connectivity index (χ1v) is 7.97. The fourth-order valence-electron chi connectivity index (χ4n) is 2.65. The van der Waals surface area contributed by atoms with Crippen LogP contribution in [0.3, 0.4) is 0 Å². The Labute approximate surface area is 135 Å². The third kappa shape index (κ3) is 3.82. The van der Waals surface area contributed by atoms with Gasteiger partial charge in [-0.3, -0.25) is 9.69 Å². The van der Waals surface area contributed by atoms with Crippen LogP contribution in [0.15, 0.2) is 12.1 Å². The molecule has 0 bridgehead atoms. The summed E-state index contributed by atoms with van der Waals surface area (Å²) in [5.41, 5.74) is 6.56. The quantitative estimate of drug-likeness (QED) is 0.829. The van der Waals surface area contributed by atoms with Gasteiger partial charge < -0.3 is 11.1 Å². The lowest BCUT2D eigenvalue weighted by Gasteiger charge is -2.24. The molecule has 21 heavy (non-hydrogen) atoms. The molecule has 1 aliphatic rings. The van der Waals surface area contributed by atoms with Crippen LogP contribution in [0.5, 0.6) is 0 Å². The van der Waals surface area contributed by atoms with E-state index in [1.165, 1.54) is 0 Å². The molecular weight excluding hydrogens is 309 g/mol. The van der Waals surface area contributed by atoms with E-state index in [1.54, 1.807) is 12.1 Å². The molecular formula is C15H21Cl2N3O. The Morgan fingerprint density at radius 1 is 1.48 bits per heavy atom. The molecule has 1 aliphatic heterocycles. The van der Waals surface area contributed by atoms with Crippen LogP contribution in [0.2, 0.25) is 10.0 Å². The third-order valence-electron chi connectivity index (χ3n) is 4.13. The molecule has 1 amide bonds. The number of nitrogens with zero attached hydrogens (tertiary/aromatic N) is 1. The molecule has 1 fully saturated rings. The largest absolute Gasteiger partial charge is 0.399 e. The van der Waals surface area contributed by atoms with E-state index in [9.17, 15) is 4.79 Å². The van der Waals surface area contributed by atoms with E-state index < -0.39 is 0 Å². The highest BCUT2D eigenvalue weighted by Gasteiger charge is 2.29. The average Bonchev–Trinajstić information content (AvgIpc) is 2.90. The van der Waals surface area contributed by atoms with Gasteiger partial charge in [0.15, 0.2) is 0 Å². The number of carbonyl (C=O) groups is 1. The molecule has 0 aliphatic carbocycles. The number of anilines is 2. The molecule has 0 radical (unpaired) electrons. The highest BCUT2D eigenvalue weighted by atomic mass is 35.5. The minimum absolute atomic E-state index is 0.0969. The fraction of sp³-hybridized carbons (Fsp3) is 0.533. The number of nitrogens with one attached hydrogen (secondary N) is 1. The molecule has 4 nitrogen and oxygen atoms in total. The molecule has 2 unspecified atom stereocenters. The minimum Gasteiger partial charge on any atom is -0.399 e. The summed E-state index contributed by atoms with van der Waals surface area (Å²) in [6, 6.07) is 2.96. The van der Waals surface area contributed by atoms with Gasteiger partial charge >= 0.3 is 0 Å². The van der Waals surface area contributed by atoms with Crippen LogP contribution < -0.4 is 11.1 Å². The van der Waals surface area contributed by atoms with Crippen molar-refractivity contribution in [1.82, 2.24) is 4.90 Å². The van der Waals surface area contributed by atoms with Crippen LogP contribution in [0, 0.1) is 5.92 Å². The van der Waals surface area contributed by atoms with Crippen molar-refractivity contribution in [2.24, 2.45) is 5.92 Å². The average molecular weight is 330 g/mol. The van der Waals surface area contributed by atoms with Gasteiger partial charge in [0, 0.05) is 12.2 Å². The summed E-state index contributed by atoms with van der Waals surface area (Å²) in [7, 11) is 0. The Morgan fingerprint density at radius 3 is 2.62 bits per heavy atom. The number of rotatable bonds is 4. The summed E-state index contributed by atoms with van der Waals surface area (Å²) in [4.78, 5) is 14.6. The van der Waals surface area contributed by atoms with Crippen molar-refractivity contribution >= 4 is 40.5 Å². The molecule has 1 heterocycles. The maximum Gasteiger partial charge on any atom is 0.241 e. The standard InChI is InChI=1S/C15H21Cl2N3O/c1-3-10-4-5-20(8-10)9(2)15(21)19-14-12(16)6-11(18)7-13(14)17/h6-7,9-10H,3-5,8,18H2,1-2H3,(H,19,21). The molecule has 1 aromatic rings. The summed E-state index contributed by atoms with van der Waals surface area (Å²) in [5.74, 6) is 0.587. The maximum absolute atomic E-state index is 12.4. The first kappa shape index (κ1) is 16.4. The Bertz CT molecular complexity index is 513. The Hall–Kier alpha value is -0.970. The van der Waals surface area contributed by atoms with Gasteiger partial charge in [-0.25, -0.2) is 0 Å². The Morgan fingerprint density at radius 2 is 2.10 bits per heavy atom. The zero-order chi connectivity index (χ0) is 15.6. The SMILES string of the molecule is CCC1CCN(C(C)C(=O)Nc2c(Cl)cc(N)cc2Cl)C1. The second-order valence-electron chi connectivity index (χ2n) is 5.58. The lowest BCUT2D eigenvalue weighted by atomic mass is 10.1. The van der Waals surface area contributed by atoms with Gasteiger partial charge in [-0.15, -0.1) is 0 Å². The summed E-state index contributed by atoms with van der Waals surface area (Å²) >= 11 is 12.2. The number of amides is 1. The van der Waals surface area contributed by atoms with Crippen molar-refractivity contribution in [3.63, 3.8) is 0 Å². The van der Waals surface area contributed by atoms with Gasteiger partial charge in [-0.1, -0.05) is 36.5 Å². The van der Waals surface area contributed by atoms with Crippen LogP contribution in [-0.4, -0.2) is 29.9 Å². The second-order valence-corrected chi connectivity index (χ2v) is 6.40. The van der Waals surface area contributed by atoms with Gasteiger partial charge in [0.1, 0.15) is 0 Å². The van der Waals surface area contributed by atoms with Crippen molar-refractivity contribution in [3.05, 3.63) is 22.2 Å². The van der Waals surface area contributed by atoms with E-state index in [-0.39, 0.29) is 11.9 Å². The number of hydrogen-bond donors (Lipinski definition) is 2. The molecule has 2 rings (SSSR count). The molecule has 3 N–H and O–H groups in total. The molecule has 0 spiro atoms. The zero-order valence-corrected chi connectivity index (χ0v) is 13.8. The number of halogens is 2. The van der Waals surface area contributed by atoms with Gasteiger partial charge in [0.05, 0.1) is 21.8 Å². The number of nitrogen functional groups attached to an aromatic ring is 1. The molecule has 2 atom stereocenters. The van der Waals surface area contributed by atoms with Crippen LogP contribution in [-0.2, 0) is 4.79 Å². The van der Waals surface area contributed by atoms with Gasteiger partial charge in [-0.05, 0) is 37.9 Å². The van der Waals surface area contributed by atoms with Crippen LogP contribution in [0.1, 0.15) is 26.7 Å². The van der Waals surface area contributed by atoms with Crippen LogP contribution in [0.25, 0.3) is 0 Å². The monoisotopic (exact) mass is 329 g/mol. The molecule has 116 valence electrons. The maximum atomic E-state index is 12.4. The van der Waals surface area contributed by atoms with Crippen LogP contribution in [0.4, 0.5) is 11.4 Å². The summed E-state index contributed by atoms with van der Waals surface area (Å²) < 4.78 is 0. The van der Waals surface area contributed by atoms with Crippen molar-refractivity contribution in [2.45, 2.75) is 32.7 Å². The van der Waals surface area contributed by atoms with E-state index in [0.717, 1.165) is 25.9 Å². The lowest BCUT2D eigenvalue weighted by Crippen LogP contribution is -2.40. The summed E-state index contributed by atoms with van der Waals surface area (Å²) in [6.07, 6.45) is 2.30. The minimum atomic E-state index is -0.203. The van der Waals surface area contributed by atoms with E-state index in [1.807, 2.05) is 6.92 Å². The normalized spacial score (nSPS) is 20.5. The smallest absolute Gasteiger partial charge is 0.241 e. The Balaban J connectivity index is 2.05. The number of hydrogen-bond acceptors (Lipinski definition) is 3.